The molecule has 24 heavy (non-hydrogen) atoms. The Morgan fingerprint density at radius 2 is 2.12 bits per heavy atom. The fraction of sp³-hybridized carbons (Fsp3) is 0.562. The van der Waals surface area contributed by atoms with Crippen LogP contribution in [-0.4, -0.2) is 58.8 Å². The van der Waals surface area contributed by atoms with Crippen LogP contribution in [0.4, 0.5) is 14.9 Å². The molecule has 1 amide bonds. The first-order chi connectivity index (χ1) is 11.1. The van der Waals surface area contributed by atoms with Crippen molar-refractivity contribution in [3.63, 3.8) is 0 Å². The van der Waals surface area contributed by atoms with E-state index in [9.17, 15) is 14.0 Å². The van der Waals surface area contributed by atoms with E-state index in [0.717, 1.165) is 6.07 Å². The normalized spacial score (nSPS) is 17.7. The van der Waals surface area contributed by atoms with E-state index in [-0.39, 0.29) is 12.1 Å². The SMILES string of the molecule is CN(c1cnc(C(=O)O)c(F)c1)C1CCN(C(=O)OC(C)(C)C)C1. The number of amides is 1. The zero-order valence-corrected chi connectivity index (χ0v) is 14.2. The zero-order valence-electron chi connectivity index (χ0n) is 14.2. The van der Waals surface area contributed by atoms with Gasteiger partial charge in [-0.05, 0) is 27.2 Å². The number of carboxylic acids is 1. The molecule has 1 N–H and O–H groups in total. The Bertz CT molecular complexity index is 645. The highest BCUT2D eigenvalue weighted by Crippen LogP contribution is 2.23. The van der Waals surface area contributed by atoms with Gasteiger partial charge in [-0.3, -0.25) is 0 Å². The van der Waals surface area contributed by atoms with Crippen LogP contribution in [0.2, 0.25) is 0 Å². The number of hydrogen-bond acceptors (Lipinski definition) is 5. The molecule has 0 saturated carbocycles. The Balaban J connectivity index is 2.04. The fourth-order valence-electron chi connectivity index (χ4n) is 2.54. The van der Waals surface area contributed by atoms with Crippen LogP contribution in [0.15, 0.2) is 12.3 Å². The van der Waals surface area contributed by atoms with Gasteiger partial charge in [-0.2, -0.15) is 0 Å². The fourth-order valence-corrected chi connectivity index (χ4v) is 2.54. The molecule has 2 rings (SSSR count). The van der Waals surface area contributed by atoms with Gasteiger partial charge in [0, 0.05) is 32.2 Å². The van der Waals surface area contributed by atoms with Crippen molar-refractivity contribution in [3.05, 3.63) is 23.8 Å². The minimum Gasteiger partial charge on any atom is -0.476 e. The number of likely N-dealkylation sites (tertiary alicyclic amines) is 1. The lowest BCUT2D eigenvalue weighted by molar-refractivity contribution is 0.0292. The summed E-state index contributed by atoms with van der Waals surface area (Å²) in [5.74, 6) is -2.28. The lowest BCUT2D eigenvalue weighted by Crippen LogP contribution is -2.39. The molecule has 1 aromatic heterocycles. The van der Waals surface area contributed by atoms with E-state index in [0.29, 0.717) is 25.2 Å². The average molecular weight is 339 g/mol. The molecule has 8 heteroatoms. The van der Waals surface area contributed by atoms with Crippen LogP contribution in [0.5, 0.6) is 0 Å². The monoisotopic (exact) mass is 339 g/mol. The predicted molar refractivity (Wildman–Crippen MR) is 85.8 cm³/mol. The molecule has 7 nitrogen and oxygen atoms in total. The maximum Gasteiger partial charge on any atom is 0.410 e. The first-order valence-corrected chi connectivity index (χ1v) is 7.68. The highest BCUT2D eigenvalue weighted by Gasteiger charge is 2.32. The summed E-state index contributed by atoms with van der Waals surface area (Å²) in [6.07, 6.45) is 1.66. The van der Waals surface area contributed by atoms with Crippen molar-refractivity contribution in [1.29, 1.82) is 0 Å². The molecular formula is C16H22FN3O4. The second-order valence-electron chi connectivity index (χ2n) is 6.81. The van der Waals surface area contributed by atoms with Gasteiger partial charge in [-0.15, -0.1) is 0 Å². The van der Waals surface area contributed by atoms with E-state index in [1.165, 1.54) is 6.20 Å². The maximum absolute atomic E-state index is 13.8. The van der Waals surface area contributed by atoms with E-state index in [4.69, 9.17) is 9.84 Å². The molecular weight excluding hydrogens is 317 g/mol. The molecule has 0 spiro atoms. The second-order valence-corrected chi connectivity index (χ2v) is 6.81. The molecule has 1 fully saturated rings. The van der Waals surface area contributed by atoms with Crippen LogP contribution >= 0.6 is 0 Å². The molecule has 1 unspecified atom stereocenters. The van der Waals surface area contributed by atoms with E-state index in [1.807, 2.05) is 20.8 Å². The summed E-state index contributed by atoms with van der Waals surface area (Å²) in [6, 6.07) is 1.13. The summed E-state index contributed by atoms with van der Waals surface area (Å²) in [6.45, 7) is 6.43. The summed E-state index contributed by atoms with van der Waals surface area (Å²) >= 11 is 0. The van der Waals surface area contributed by atoms with Gasteiger partial charge in [0.1, 0.15) is 5.60 Å². The molecule has 1 aromatic rings. The Kier molecular flexibility index (Phi) is 4.96. The number of rotatable bonds is 3. The number of ether oxygens (including phenoxy) is 1. The van der Waals surface area contributed by atoms with E-state index in [2.05, 4.69) is 4.98 Å². The lowest BCUT2D eigenvalue weighted by atomic mass is 10.2. The molecule has 0 aromatic carbocycles. The third-order valence-corrected chi connectivity index (χ3v) is 3.80. The summed E-state index contributed by atoms with van der Waals surface area (Å²) < 4.78 is 19.1. The third kappa shape index (κ3) is 4.12. The Labute approximate surface area is 140 Å². The van der Waals surface area contributed by atoms with Gasteiger partial charge < -0.3 is 19.6 Å². The molecule has 0 radical (unpaired) electrons. The maximum atomic E-state index is 13.8. The lowest BCUT2D eigenvalue weighted by Gasteiger charge is -2.28. The van der Waals surface area contributed by atoms with Crippen LogP contribution in [0.1, 0.15) is 37.7 Å². The Morgan fingerprint density at radius 3 is 2.67 bits per heavy atom. The number of carbonyl (C=O) groups excluding carboxylic acids is 1. The molecule has 1 saturated heterocycles. The first kappa shape index (κ1) is 18.0. The quantitative estimate of drug-likeness (QED) is 0.910. The van der Waals surface area contributed by atoms with Gasteiger partial charge in [0.05, 0.1) is 11.9 Å². The summed E-state index contributed by atoms with van der Waals surface area (Å²) in [7, 11) is 1.76. The highest BCUT2D eigenvalue weighted by atomic mass is 19.1. The van der Waals surface area contributed by atoms with Gasteiger partial charge in [-0.25, -0.2) is 19.0 Å². The Hall–Kier alpha value is -2.38. The number of halogens is 1. The van der Waals surface area contributed by atoms with Gasteiger partial charge in [0.2, 0.25) is 0 Å². The molecule has 1 aliphatic heterocycles. The summed E-state index contributed by atoms with van der Waals surface area (Å²) in [5.41, 5.74) is -0.691. The Morgan fingerprint density at radius 1 is 1.46 bits per heavy atom. The van der Waals surface area contributed by atoms with Crippen molar-refractivity contribution >= 4 is 17.7 Å². The molecule has 0 aliphatic carbocycles. The van der Waals surface area contributed by atoms with Crippen molar-refractivity contribution < 1.29 is 23.8 Å². The molecule has 1 atom stereocenters. The van der Waals surface area contributed by atoms with Crippen molar-refractivity contribution in [2.45, 2.75) is 38.8 Å². The number of carboxylic acid groups (broad SMARTS) is 1. The van der Waals surface area contributed by atoms with Gasteiger partial charge in [-0.1, -0.05) is 0 Å². The largest absolute Gasteiger partial charge is 0.476 e. The number of hydrogen-bond donors (Lipinski definition) is 1. The topological polar surface area (TPSA) is 83.0 Å². The van der Waals surface area contributed by atoms with E-state index >= 15 is 0 Å². The van der Waals surface area contributed by atoms with Crippen molar-refractivity contribution in [3.8, 4) is 0 Å². The summed E-state index contributed by atoms with van der Waals surface area (Å²) in [5, 5.41) is 8.82. The average Bonchev–Trinajstić information content (AvgIpc) is 2.94. The second kappa shape index (κ2) is 6.62. The minimum atomic E-state index is -1.40. The zero-order chi connectivity index (χ0) is 18.1. The molecule has 0 bridgehead atoms. The molecule has 1 aliphatic rings. The van der Waals surface area contributed by atoms with Crippen LogP contribution in [-0.2, 0) is 4.74 Å². The minimum absolute atomic E-state index is 0.0191. The van der Waals surface area contributed by atoms with Crippen LogP contribution in [0.25, 0.3) is 0 Å². The van der Waals surface area contributed by atoms with Gasteiger partial charge in [0.15, 0.2) is 11.5 Å². The predicted octanol–water partition coefficient (Wildman–Crippen LogP) is 2.36. The number of nitrogens with zero attached hydrogens (tertiary/aromatic N) is 3. The van der Waals surface area contributed by atoms with Gasteiger partial charge >= 0.3 is 12.1 Å². The third-order valence-electron chi connectivity index (χ3n) is 3.80. The number of anilines is 1. The number of likely N-dealkylation sites (N-methyl/N-ethyl adjacent to an activating group) is 1. The van der Waals surface area contributed by atoms with E-state index in [1.54, 1.807) is 16.8 Å². The van der Waals surface area contributed by atoms with Crippen LogP contribution in [0.3, 0.4) is 0 Å². The smallest absolute Gasteiger partial charge is 0.410 e. The molecule has 2 heterocycles. The first-order valence-electron chi connectivity index (χ1n) is 7.68. The van der Waals surface area contributed by atoms with Crippen molar-refractivity contribution in [1.82, 2.24) is 9.88 Å². The van der Waals surface area contributed by atoms with Crippen molar-refractivity contribution in [2.24, 2.45) is 0 Å². The number of carbonyl (C=O) groups is 2. The summed E-state index contributed by atoms with van der Waals surface area (Å²) in [4.78, 5) is 30.0. The molecule has 132 valence electrons. The van der Waals surface area contributed by atoms with E-state index < -0.39 is 23.1 Å². The van der Waals surface area contributed by atoms with Gasteiger partial charge in [0.25, 0.3) is 0 Å². The standard InChI is InChI=1S/C16H22FN3O4/c1-16(2,3)24-15(23)20-6-5-10(9-20)19(4)11-7-12(17)13(14(21)22)18-8-11/h7-8,10H,5-6,9H2,1-4H3,(H,21,22). The highest BCUT2D eigenvalue weighted by molar-refractivity contribution is 5.85. The van der Waals surface area contributed by atoms with Crippen LogP contribution < -0.4 is 4.90 Å². The number of aromatic nitrogens is 1. The van der Waals surface area contributed by atoms with Crippen molar-refractivity contribution in [2.75, 3.05) is 25.0 Å². The number of pyridine rings is 1. The number of aromatic carboxylic acids is 1. The van der Waals surface area contributed by atoms with Crippen LogP contribution in [0, 0.1) is 5.82 Å².